The van der Waals surface area contributed by atoms with Crippen molar-refractivity contribution < 1.29 is 0 Å². The van der Waals surface area contributed by atoms with E-state index < -0.39 is 0 Å². The van der Waals surface area contributed by atoms with E-state index in [1.807, 2.05) is 19.2 Å². The molecule has 2 rings (SSSR count). The van der Waals surface area contributed by atoms with E-state index in [1.165, 1.54) is 4.88 Å². The Morgan fingerprint density at radius 2 is 2.22 bits per heavy atom. The van der Waals surface area contributed by atoms with Crippen molar-refractivity contribution in [2.45, 2.75) is 26.4 Å². The third kappa shape index (κ3) is 3.09. The molecule has 2 heterocycles. The quantitative estimate of drug-likeness (QED) is 0.898. The second kappa shape index (κ2) is 5.98. The van der Waals surface area contributed by atoms with E-state index in [4.69, 9.17) is 5.73 Å². The monoisotopic (exact) mass is 261 g/mol. The zero-order valence-electron chi connectivity index (χ0n) is 10.8. The molecule has 0 spiro atoms. The van der Waals surface area contributed by atoms with Gasteiger partial charge in [0, 0.05) is 17.5 Å². The Morgan fingerprint density at radius 1 is 1.39 bits per heavy atom. The predicted molar refractivity (Wildman–Crippen MR) is 77.9 cm³/mol. The fraction of sp³-hybridized carbons (Fsp3) is 0.357. The Bertz CT molecular complexity index is 462. The van der Waals surface area contributed by atoms with Crippen molar-refractivity contribution in [1.82, 2.24) is 4.98 Å². The molecule has 0 amide bonds. The van der Waals surface area contributed by atoms with E-state index in [0.29, 0.717) is 0 Å². The van der Waals surface area contributed by atoms with Crippen molar-refractivity contribution in [2.24, 2.45) is 5.73 Å². The Kier molecular flexibility index (Phi) is 4.33. The van der Waals surface area contributed by atoms with Crippen LogP contribution in [0.25, 0.3) is 0 Å². The molecule has 2 aromatic heterocycles. The highest BCUT2D eigenvalue weighted by atomic mass is 32.1. The maximum absolute atomic E-state index is 5.81. The molecule has 0 saturated heterocycles. The number of hydrogen-bond donors (Lipinski definition) is 1. The van der Waals surface area contributed by atoms with Crippen molar-refractivity contribution >= 4 is 17.0 Å². The fourth-order valence-corrected chi connectivity index (χ4v) is 2.55. The van der Waals surface area contributed by atoms with E-state index in [1.54, 1.807) is 11.3 Å². The van der Waals surface area contributed by atoms with Gasteiger partial charge >= 0.3 is 0 Å². The average molecular weight is 261 g/mol. The van der Waals surface area contributed by atoms with Crippen molar-refractivity contribution in [3.63, 3.8) is 0 Å². The summed E-state index contributed by atoms with van der Waals surface area (Å²) < 4.78 is 0. The lowest BCUT2D eigenvalue weighted by atomic mass is 10.2. The highest BCUT2D eigenvalue weighted by Gasteiger charge is 2.07. The van der Waals surface area contributed by atoms with Gasteiger partial charge in [-0.25, -0.2) is 0 Å². The summed E-state index contributed by atoms with van der Waals surface area (Å²) in [5.41, 5.74) is 7.89. The summed E-state index contributed by atoms with van der Waals surface area (Å²) in [5, 5.41) is 2.11. The Morgan fingerprint density at radius 3 is 2.72 bits per heavy atom. The summed E-state index contributed by atoms with van der Waals surface area (Å²) in [5.74, 6) is 0. The van der Waals surface area contributed by atoms with Gasteiger partial charge in [0.1, 0.15) is 0 Å². The summed E-state index contributed by atoms with van der Waals surface area (Å²) in [6, 6.07) is 8.36. The number of hydrogen-bond acceptors (Lipinski definition) is 4. The molecule has 0 aliphatic carbocycles. The molecule has 18 heavy (non-hydrogen) atoms. The van der Waals surface area contributed by atoms with Gasteiger partial charge in [0.15, 0.2) is 0 Å². The number of aromatic nitrogens is 1. The summed E-state index contributed by atoms with van der Waals surface area (Å²) in [4.78, 5) is 8.09. The zero-order chi connectivity index (χ0) is 13.0. The molecule has 0 saturated carbocycles. The maximum atomic E-state index is 5.81. The second-order valence-electron chi connectivity index (χ2n) is 4.32. The van der Waals surface area contributed by atoms with Gasteiger partial charge in [-0.1, -0.05) is 6.07 Å². The number of nitrogens with zero attached hydrogens (tertiary/aromatic N) is 2. The van der Waals surface area contributed by atoms with Crippen LogP contribution in [0.4, 0.5) is 5.69 Å². The van der Waals surface area contributed by atoms with Crippen molar-refractivity contribution in [3.8, 4) is 0 Å². The van der Waals surface area contributed by atoms with E-state index in [9.17, 15) is 0 Å². The minimum atomic E-state index is -0.00794. The number of thiophene rings is 1. The van der Waals surface area contributed by atoms with Crippen LogP contribution in [0.15, 0.2) is 35.8 Å². The maximum Gasteiger partial charge on any atom is 0.0569 e. The number of rotatable bonds is 5. The van der Waals surface area contributed by atoms with Crippen molar-refractivity contribution in [3.05, 3.63) is 46.4 Å². The molecule has 0 aliphatic heterocycles. The van der Waals surface area contributed by atoms with Crippen LogP contribution in [0.5, 0.6) is 0 Å². The smallest absolute Gasteiger partial charge is 0.0569 e. The molecule has 4 heteroatoms. The van der Waals surface area contributed by atoms with Crippen LogP contribution < -0.4 is 10.6 Å². The standard InChI is InChI=1S/C14H19N3S/c1-3-17(10-13-5-4-8-18-13)12-6-7-14(11(2)15)16-9-12/h4-9,11H,3,10,15H2,1-2H3/t11-/m0/s1. The fourth-order valence-electron chi connectivity index (χ4n) is 1.83. The molecular formula is C14H19N3S. The average Bonchev–Trinajstić information content (AvgIpc) is 2.89. The Labute approximate surface area is 112 Å². The first-order valence-corrected chi connectivity index (χ1v) is 7.07. The van der Waals surface area contributed by atoms with E-state index in [-0.39, 0.29) is 6.04 Å². The van der Waals surface area contributed by atoms with Crippen LogP contribution in [0.2, 0.25) is 0 Å². The van der Waals surface area contributed by atoms with Crippen LogP contribution in [-0.4, -0.2) is 11.5 Å². The first kappa shape index (κ1) is 13.1. The van der Waals surface area contributed by atoms with Gasteiger partial charge in [-0.3, -0.25) is 4.98 Å². The first-order valence-electron chi connectivity index (χ1n) is 6.19. The van der Waals surface area contributed by atoms with Gasteiger partial charge in [-0.2, -0.15) is 0 Å². The third-order valence-electron chi connectivity index (χ3n) is 2.91. The molecule has 0 radical (unpaired) electrons. The summed E-state index contributed by atoms with van der Waals surface area (Å²) in [7, 11) is 0. The second-order valence-corrected chi connectivity index (χ2v) is 5.36. The highest BCUT2D eigenvalue weighted by Crippen LogP contribution is 2.19. The van der Waals surface area contributed by atoms with Gasteiger partial charge in [0.25, 0.3) is 0 Å². The summed E-state index contributed by atoms with van der Waals surface area (Å²) >= 11 is 1.79. The molecule has 96 valence electrons. The molecule has 1 atom stereocenters. The lowest BCUT2D eigenvalue weighted by molar-refractivity contribution is 0.775. The summed E-state index contributed by atoms with van der Waals surface area (Å²) in [6.07, 6.45) is 1.91. The van der Waals surface area contributed by atoms with Gasteiger partial charge in [-0.05, 0) is 37.4 Å². The SMILES string of the molecule is CCN(Cc1cccs1)c1ccc([C@H](C)N)nc1. The molecule has 2 N–H and O–H groups in total. The molecular weight excluding hydrogens is 242 g/mol. The van der Waals surface area contributed by atoms with Crippen molar-refractivity contribution in [1.29, 1.82) is 0 Å². The van der Waals surface area contributed by atoms with E-state index in [2.05, 4.69) is 40.4 Å². The number of pyridine rings is 1. The zero-order valence-corrected chi connectivity index (χ0v) is 11.7. The van der Waals surface area contributed by atoms with Gasteiger partial charge in [0.2, 0.25) is 0 Å². The third-order valence-corrected chi connectivity index (χ3v) is 3.77. The van der Waals surface area contributed by atoms with Crippen LogP contribution in [-0.2, 0) is 6.54 Å². The van der Waals surface area contributed by atoms with E-state index in [0.717, 1.165) is 24.5 Å². The van der Waals surface area contributed by atoms with Gasteiger partial charge < -0.3 is 10.6 Å². The van der Waals surface area contributed by atoms with Crippen LogP contribution in [0, 0.1) is 0 Å². The molecule has 0 unspecified atom stereocenters. The van der Waals surface area contributed by atoms with E-state index >= 15 is 0 Å². The predicted octanol–water partition coefficient (Wildman–Crippen LogP) is 3.19. The van der Waals surface area contributed by atoms with Gasteiger partial charge in [0.05, 0.1) is 24.1 Å². The molecule has 0 bridgehead atoms. The first-order chi connectivity index (χ1) is 8.70. The molecule has 3 nitrogen and oxygen atoms in total. The normalized spacial score (nSPS) is 12.4. The van der Waals surface area contributed by atoms with Crippen molar-refractivity contribution in [2.75, 3.05) is 11.4 Å². The largest absolute Gasteiger partial charge is 0.365 e. The number of anilines is 1. The summed E-state index contributed by atoms with van der Waals surface area (Å²) in [6.45, 7) is 6.02. The van der Waals surface area contributed by atoms with Gasteiger partial charge in [-0.15, -0.1) is 11.3 Å². The molecule has 2 aromatic rings. The Balaban J connectivity index is 2.12. The molecule has 0 aliphatic rings. The molecule has 0 aromatic carbocycles. The minimum Gasteiger partial charge on any atom is -0.365 e. The highest BCUT2D eigenvalue weighted by molar-refractivity contribution is 7.09. The van der Waals surface area contributed by atoms with Crippen LogP contribution >= 0.6 is 11.3 Å². The Hall–Kier alpha value is -1.39. The van der Waals surface area contributed by atoms with Crippen LogP contribution in [0.1, 0.15) is 30.5 Å². The lowest BCUT2D eigenvalue weighted by Crippen LogP contribution is -2.21. The van der Waals surface area contributed by atoms with Crippen LogP contribution in [0.3, 0.4) is 0 Å². The number of nitrogens with two attached hydrogens (primary N) is 1. The lowest BCUT2D eigenvalue weighted by Gasteiger charge is -2.22. The molecule has 0 fully saturated rings. The minimum absolute atomic E-state index is 0.00794. The topological polar surface area (TPSA) is 42.1 Å².